The van der Waals surface area contributed by atoms with Gasteiger partial charge in [0.1, 0.15) is 12.4 Å². The summed E-state index contributed by atoms with van der Waals surface area (Å²) >= 11 is 13.4. The molecule has 0 saturated heterocycles. The van der Waals surface area contributed by atoms with E-state index >= 15 is 0 Å². The number of carbonyl (C=O) groups excluding carboxylic acids is 1. The average Bonchev–Trinajstić information content (AvgIpc) is 2.54. The second kappa shape index (κ2) is 9.18. The molecule has 7 heteroatoms. The zero-order valence-corrected chi connectivity index (χ0v) is 15.3. The number of thioether (sulfide) groups is 1. The van der Waals surface area contributed by atoms with Crippen LogP contribution in [0.1, 0.15) is 6.92 Å². The van der Waals surface area contributed by atoms with Crippen LogP contribution in [0.25, 0.3) is 0 Å². The van der Waals surface area contributed by atoms with Crippen LogP contribution in [0.2, 0.25) is 10.0 Å². The number of halogens is 2. The lowest BCUT2D eigenvalue weighted by Crippen LogP contribution is -2.20. The average molecular weight is 386 g/mol. The predicted octanol–water partition coefficient (Wildman–Crippen LogP) is 4.48. The summed E-state index contributed by atoms with van der Waals surface area (Å²) in [7, 11) is 0. The van der Waals surface area contributed by atoms with Gasteiger partial charge in [0.05, 0.1) is 11.1 Å². The van der Waals surface area contributed by atoms with Crippen LogP contribution in [-0.4, -0.2) is 29.5 Å². The molecule has 0 saturated carbocycles. The molecule has 0 radical (unpaired) electrons. The van der Waals surface area contributed by atoms with Gasteiger partial charge in [0.25, 0.3) is 0 Å². The van der Waals surface area contributed by atoms with E-state index in [1.807, 2.05) is 24.3 Å². The van der Waals surface area contributed by atoms with Crippen molar-refractivity contribution in [1.29, 1.82) is 0 Å². The largest absolute Gasteiger partial charge is 0.489 e. The summed E-state index contributed by atoms with van der Waals surface area (Å²) in [6.45, 7) is 1.59. The molecule has 1 amide bonds. The van der Waals surface area contributed by atoms with Gasteiger partial charge < -0.3 is 15.2 Å². The number of benzene rings is 2. The molecule has 2 aromatic rings. The molecule has 0 aliphatic rings. The first kappa shape index (κ1) is 18.9. The number of aliphatic hydroxyl groups is 1. The van der Waals surface area contributed by atoms with E-state index in [-0.39, 0.29) is 12.5 Å². The normalized spacial score (nSPS) is 11.8. The molecule has 0 aromatic heterocycles. The summed E-state index contributed by atoms with van der Waals surface area (Å²) in [4.78, 5) is 12.0. The maximum Gasteiger partial charge on any atom is 0.221 e. The number of amides is 1. The van der Waals surface area contributed by atoms with Crippen LogP contribution in [0.3, 0.4) is 0 Å². The van der Waals surface area contributed by atoms with Crippen molar-refractivity contribution in [3.8, 4) is 5.75 Å². The Balaban J connectivity index is 1.79. The molecule has 2 aromatic carbocycles. The summed E-state index contributed by atoms with van der Waals surface area (Å²) in [5.41, 5.74) is 0.742. The van der Waals surface area contributed by atoms with E-state index in [2.05, 4.69) is 5.32 Å². The molecule has 0 aliphatic heterocycles. The van der Waals surface area contributed by atoms with Gasteiger partial charge in [0.2, 0.25) is 5.91 Å². The SMILES string of the molecule is CC(=O)Nc1ccc(SCC(O)COc2cc(Cl)ccc2Cl)cc1. The molecule has 0 spiro atoms. The lowest BCUT2D eigenvalue weighted by molar-refractivity contribution is -0.114. The molecule has 2 rings (SSSR count). The van der Waals surface area contributed by atoms with E-state index < -0.39 is 6.10 Å². The molecule has 0 fully saturated rings. The molecule has 1 unspecified atom stereocenters. The Kier molecular flexibility index (Phi) is 7.24. The summed E-state index contributed by atoms with van der Waals surface area (Å²) in [6.07, 6.45) is -0.653. The molecular weight excluding hydrogens is 369 g/mol. The number of carbonyl (C=O) groups is 1. The van der Waals surface area contributed by atoms with Crippen molar-refractivity contribution >= 4 is 46.6 Å². The molecule has 128 valence electrons. The van der Waals surface area contributed by atoms with E-state index in [9.17, 15) is 9.90 Å². The fourth-order valence-electron chi connectivity index (χ4n) is 1.85. The summed E-state index contributed by atoms with van der Waals surface area (Å²) in [6, 6.07) is 12.3. The Morgan fingerprint density at radius 1 is 1.25 bits per heavy atom. The Morgan fingerprint density at radius 2 is 1.96 bits per heavy atom. The summed E-state index contributed by atoms with van der Waals surface area (Å²) in [5, 5.41) is 13.7. The number of nitrogens with one attached hydrogen (secondary N) is 1. The van der Waals surface area contributed by atoms with Crippen molar-refractivity contribution < 1.29 is 14.6 Å². The minimum atomic E-state index is -0.653. The highest BCUT2D eigenvalue weighted by Crippen LogP contribution is 2.28. The van der Waals surface area contributed by atoms with Gasteiger partial charge >= 0.3 is 0 Å². The molecule has 1 atom stereocenters. The number of ether oxygens (including phenoxy) is 1. The molecule has 0 aliphatic carbocycles. The summed E-state index contributed by atoms with van der Waals surface area (Å²) < 4.78 is 5.50. The first-order chi connectivity index (χ1) is 11.4. The van der Waals surface area contributed by atoms with Gasteiger partial charge in [-0.25, -0.2) is 0 Å². The number of rotatable bonds is 7. The topological polar surface area (TPSA) is 58.6 Å². The lowest BCUT2D eigenvalue weighted by atomic mass is 10.3. The molecule has 0 bridgehead atoms. The predicted molar refractivity (Wildman–Crippen MR) is 99.4 cm³/mol. The Hall–Kier alpha value is -1.40. The second-order valence-corrected chi connectivity index (χ2v) is 6.99. The zero-order valence-electron chi connectivity index (χ0n) is 13.0. The number of hydrogen-bond donors (Lipinski definition) is 2. The lowest BCUT2D eigenvalue weighted by Gasteiger charge is -2.13. The maximum atomic E-state index is 11.0. The van der Waals surface area contributed by atoms with Gasteiger partial charge in [-0.1, -0.05) is 23.2 Å². The number of aliphatic hydroxyl groups excluding tert-OH is 1. The second-order valence-electron chi connectivity index (χ2n) is 5.06. The first-order valence-corrected chi connectivity index (χ1v) is 8.94. The van der Waals surface area contributed by atoms with Crippen molar-refractivity contribution in [2.24, 2.45) is 0 Å². The van der Waals surface area contributed by atoms with E-state index in [1.165, 1.54) is 18.7 Å². The molecule has 24 heavy (non-hydrogen) atoms. The van der Waals surface area contributed by atoms with E-state index in [0.717, 1.165) is 10.6 Å². The molecule has 2 N–H and O–H groups in total. The molecule has 0 heterocycles. The van der Waals surface area contributed by atoms with Crippen molar-refractivity contribution in [2.45, 2.75) is 17.9 Å². The maximum absolute atomic E-state index is 11.0. The van der Waals surface area contributed by atoms with Gasteiger partial charge in [0.15, 0.2) is 0 Å². The van der Waals surface area contributed by atoms with Crippen molar-refractivity contribution in [1.82, 2.24) is 0 Å². The van der Waals surface area contributed by atoms with Crippen LogP contribution in [0.15, 0.2) is 47.4 Å². The third kappa shape index (κ3) is 6.24. The van der Waals surface area contributed by atoms with Crippen LogP contribution in [-0.2, 0) is 4.79 Å². The van der Waals surface area contributed by atoms with Crippen molar-refractivity contribution in [3.05, 3.63) is 52.5 Å². The smallest absolute Gasteiger partial charge is 0.221 e. The van der Waals surface area contributed by atoms with Crippen molar-refractivity contribution in [2.75, 3.05) is 17.7 Å². The number of hydrogen-bond acceptors (Lipinski definition) is 4. The first-order valence-electron chi connectivity index (χ1n) is 7.20. The minimum absolute atomic E-state index is 0.109. The fraction of sp³-hybridized carbons (Fsp3) is 0.235. The van der Waals surface area contributed by atoms with Gasteiger partial charge in [0, 0.05) is 34.3 Å². The minimum Gasteiger partial charge on any atom is -0.489 e. The van der Waals surface area contributed by atoms with Crippen LogP contribution < -0.4 is 10.1 Å². The zero-order chi connectivity index (χ0) is 17.5. The van der Waals surface area contributed by atoms with E-state index in [0.29, 0.717) is 21.5 Å². The van der Waals surface area contributed by atoms with Gasteiger partial charge in [-0.05, 0) is 36.4 Å². The van der Waals surface area contributed by atoms with Crippen LogP contribution in [0, 0.1) is 0 Å². The van der Waals surface area contributed by atoms with Crippen LogP contribution >= 0.6 is 35.0 Å². The van der Waals surface area contributed by atoms with Gasteiger partial charge in [-0.2, -0.15) is 0 Å². The van der Waals surface area contributed by atoms with Crippen LogP contribution in [0.5, 0.6) is 5.75 Å². The van der Waals surface area contributed by atoms with E-state index in [4.69, 9.17) is 27.9 Å². The Labute approximate surface area is 155 Å². The third-order valence-electron chi connectivity index (χ3n) is 2.94. The quantitative estimate of drug-likeness (QED) is 0.689. The van der Waals surface area contributed by atoms with E-state index in [1.54, 1.807) is 18.2 Å². The number of anilines is 1. The molecule has 4 nitrogen and oxygen atoms in total. The highest BCUT2D eigenvalue weighted by Gasteiger charge is 2.09. The standard InChI is InChI=1S/C17H17Cl2NO3S/c1-11(21)20-13-3-5-15(6-4-13)24-10-14(22)9-23-17-8-12(18)2-7-16(17)19/h2-8,14,22H,9-10H2,1H3,(H,20,21). The summed E-state index contributed by atoms with van der Waals surface area (Å²) in [5.74, 6) is 0.813. The Bertz CT molecular complexity index is 695. The van der Waals surface area contributed by atoms with Gasteiger partial charge in [-0.3, -0.25) is 4.79 Å². The fourth-order valence-corrected chi connectivity index (χ4v) is 3.00. The highest BCUT2D eigenvalue weighted by atomic mass is 35.5. The van der Waals surface area contributed by atoms with Crippen LogP contribution in [0.4, 0.5) is 5.69 Å². The van der Waals surface area contributed by atoms with Crippen molar-refractivity contribution in [3.63, 3.8) is 0 Å². The molecular formula is C17H17Cl2NO3S. The highest BCUT2D eigenvalue weighted by molar-refractivity contribution is 7.99. The van der Waals surface area contributed by atoms with Gasteiger partial charge in [-0.15, -0.1) is 11.8 Å². The monoisotopic (exact) mass is 385 g/mol. The Morgan fingerprint density at radius 3 is 2.62 bits per heavy atom. The third-order valence-corrected chi connectivity index (χ3v) is 4.65.